The molecule has 2 amide bonds. The Labute approximate surface area is 118 Å². The Morgan fingerprint density at radius 1 is 1.19 bits per heavy atom. The van der Waals surface area contributed by atoms with Crippen LogP contribution in [0.5, 0.6) is 0 Å². The quantitative estimate of drug-likeness (QED) is 0.458. The van der Waals surface area contributed by atoms with Gasteiger partial charge in [0.05, 0.1) is 16.3 Å². The molecule has 0 saturated heterocycles. The summed E-state index contributed by atoms with van der Waals surface area (Å²) in [6, 6.07) is 8.29. The van der Waals surface area contributed by atoms with Crippen molar-refractivity contribution >= 4 is 28.8 Å². The fraction of sp³-hybridized carbons (Fsp3) is 0. The third-order valence-electron chi connectivity index (χ3n) is 2.58. The number of nitrogen functional groups attached to an aromatic ring is 1. The van der Waals surface area contributed by atoms with Gasteiger partial charge in [0.2, 0.25) is 0 Å². The SMILES string of the molecule is Nc1ccc(F)cc1NC(=O)Nc1cccc([N+](=O)[O-])c1. The van der Waals surface area contributed by atoms with Crippen LogP contribution in [0.1, 0.15) is 0 Å². The molecule has 21 heavy (non-hydrogen) atoms. The van der Waals surface area contributed by atoms with Crippen molar-refractivity contribution in [1.29, 1.82) is 0 Å². The summed E-state index contributed by atoms with van der Waals surface area (Å²) in [5.41, 5.74) is 5.98. The van der Waals surface area contributed by atoms with Crippen molar-refractivity contribution < 1.29 is 14.1 Å². The van der Waals surface area contributed by atoms with Crippen LogP contribution in [0.3, 0.4) is 0 Å². The molecule has 0 aromatic heterocycles. The van der Waals surface area contributed by atoms with Gasteiger partial charge in [-0.1, -0.05) is 6.07 Å². The van der Waals surface area contributed by atoms with Crippen LogP contribution in [0.2, 0.25) is 0 Å². The van der Waals surface area contributed by atoms with E-state index in [-0.39, 0.29) is 22.7 Å². The summed E-state index contributed by atoms with van der Waals surface area (Å²) >= 11 is 0. The van der Waals surface area contributed by atoms with Crippen molar-refractivity contribution in [3.8, 4) is 0 Å². The molecule has 2 rings (SSSR count). The van der Waals surface area contributed by atoms with Crippen LogP contribution < -0.4 is 16.4 Å². The maximum atomic E-state index is 13.1. The number of amides is 2. The molecular formula is C13H11FN4O3. The van der Waals surface area contributed by atoms with E-state index in [1.54, 1.807) is 0 Å². The van der Waals surface area contributed by atoms with Gasteiger partial charge in [-0.2, -0.15) is 0 Å². The molecule has 0 aliphatic carbocycles. The van der Waals surface area contributed by atoms with Gasteiger partial charge in [0.1, 0.15) is 5.82 Å². The van der Waals surface area contributed by atoms with E-state index < -0.39 is 16.8 Å². The molecule has 0 aliphatic heterocycles. The zero-order chi connectivity index (χ0) is 15.4. The highest BCUT2D eigenvalue weighted by Crippen LogP contribution is 2.20. The molecule has 0 bridgehead atoms. The molecule has 108 valence electrons. The minimum absolute atomic E-state index is 0.109. The first-order valence-corrected chi connectivity index (χ1v) is 5.83. The first-order chi connectivity index (χ1) is 9.95. The second-order valence-electron chi connectivity index (χ2n) is 4.12. The number of nitrogens with one attached hydrogen (secondary N) is 2. The lowest BCUT2D eigenvalue weighted by atomic mass is 10.2. The standard InChI is InChI=1S/C13H11FN4O3/c14-8-4-5-11(15)12(6-8)17-13(19)16-9-2-1-3-10(7-9)18(20)21/h1-7H,15H2,(H2,16,17,19). The number of hydrogen-bond acceptors (Lipinski definition) is 4. The van der Waals surface area contributed by atoms with Crippen LogP contribution in [0.4, 0.5) is 31.9 Å². The molecule has 0 spiro atoms. The molecule has 2 aromatic rings. The minimum Gasteiger partial charge on any atom is -0.397 e. The second kappa shape index (κ2) is 5.87. The van der Waals surface area contributed by atoms with Gasteiger partial charge in [0, 0.05) is 17.8 Å². The number of rotatable bonds is 3. The zero-order valence-electron chi connectivity index (χ0n) is 10.7. The number of carbonyl (C=O) groups excluding carboxylic acids is 1. The maximum Gasteiger partial charge on any atom is 0.323 e. The van der Waals surface area contributed by atoms with E-state index in [1.165, 1.54) is 36.4 Å². The number of nitrogens with two attached hydrogens (primary N) is 1. The van der Waals surface area contributed by atoms with Crippen LogP contribution >= 0.6 is 0 Å². The molecule has 0 aliphatic rings. The molecule has 0 saturated carbocycles. The Morgan fingerprint density at radius 2 is 1.95 bits per heavy atom. The smallest absolute Gasteiger partial charge is 0.323 e. The van der Waals surface area contributed by atoms with Gasteiger partial charge < -0.3 is 16.4 Å². The van der Waals surface area contributed by atoms with Crippen LogP contribution in [0.25, 0.3) is 0 Å². The Hall–Kier alpha value is -3.16. The highest BCUT2D eigenvalue weighted by molar-refractivity contribution is 6.01. The normalized spacial score (nSPS) is 9.95. The molecule has 7 nitrogen and oxygen atoms in total. The van der Waals surface area contributed by atoms with Gasteiger partial charge in [-0.15, -0.1) is 0 Å². The number of nitrogens with zero attached hydrogens (tertiary/aromatic N) is 1. The van der Waals surface area contributed by atoms with Crippen LogP contribution in [0, 0.1) is 15.9 Å². The number of nitro groups is 1. The van der Waals surface area contributed by atoms with Crippen LogP contribution in [-0.2, 0) is 0 Å². The summed E-state index contributed by atoms with van der Waals surface area (Å²) in [5.74, 6) is -0.546. The highest BCUT2D eigenvalue weighted by Gasteiger charge is 2.09. The van der Waals surface area contributed by atoms with E-state index in [0.29, 0.717) is 0 Å². The molecule has 8 heteroatoms. The monoisotopic (exact) mass is 290 g/mol. The van der Waals surface area contributed by atoms with Crippen molar-refractivity contribution in [3.63, 3.8) is 0 Å². The van der Waals surface area contributed by atoms with E-state index in [4.69, 9.17) is 5.73 Å². The van der Waals surface area contributed by atoms with Gasteiger partial charge in [-0.3, -0.25) is 10.1 Å². The Balaban J connectivity index is 2.10. The molecule has 4 N–H and O–H groups in total. The number of carbonyl (C=O) groups is 1. The van der Waals surface area contributed by atoms with Gasteiger partial charge in [0.15, 0.2) is 0 Å². The third-order valence-corrected chi connectivity index (χ3v) is 2.58. The Kier molecular flexibility index (Phi) is 3.98. The van der Waals surface area contributed by atoms with Crippen molar-refractivity contribution in [2.45, 2.75) is 0 Å². The molecule has 0 unspecified atom stereocenters. The van der Waals surface area contributed by atoms with E-state index in [9.17, 15) is 19.3 Å². The summed E-state index contributed by atoms with van der Waals surface area (Å²) in [5, 5.41) is 15.4. The number of halogens is 1. The summed E-state index contributed by atoms with van der Waals surface area (Å²) in [7, 11) is 0. The van der Waals surface area contributed by atoms with Gasteiger partial charge >= 0.3 is 6.03 Å². The first kappa shape index (κ1) is 14.3. The third kappa shape index (κ3) is 3.66. The number of benzene rings is 2. The average Bonchev–Trinajstić information content (AvgIpc) is 2.43. The van der Waals surface area contributed by atoms with E-state index in [2.05, 4.69) is 10.6 Å². The topological polar surface area (TPSA) is 110 Å². The number of anilines is 3. The van der Waals surface area contributed by atoms with Crippen molar-refractivity contribution in [2.24, 2.45) is 0 Å². The average molecular weight is 290 g/mol. The lowest BCUT2D eigenvalue weighted by Crippen LogP contribution is -2.20. The molecule has 0 heterocycles. The molecular weight excluding hydrogens is 279 g/mol. The number of hydrogen-bond donors (Lipinski definition) is 3. The fourth-order valence-corrected chi connectivity index (χ4v) is 1.62. The molecule has 0 atom stereocenters. The van der Waals surface area contributed by atoms with Gasteiger partial charge in [-0.05, 0) is 24.3 Å². The van der Waals surface area contributed by atoms with Crippen molar-refractivity contribution in [2.75, 3.05) is 16.4 Å². The highest BCUT2D eigenvalue weighted by atomic mass is 19.1. The van der Waals surface area contributed by atoms with Gasteiger partial charge in [0.25, 0.3) is 5.69 Å². The minimum atomic E-state index is -0.687. The first-order valence-electron chi connectivity index (χ1n) is 5.83. The van der Waals surface area contributed by atoms with Crippen LogP contribution in [0.15, 0.2) is 42.5 Å². The maximum absolute atomic E-state index is 13.1. The predicted octanol–water partition coefficient (Wildman–Crippen LogP) is 2.96. The fourth-order valence-electron chi connectivity index (χ4n) is 1.62. The molecule has 2 aromatic carbocycles. The molecule has 0 radical (unpaired) electrons. The Morgan fingerprint density at radius 3 is 2.67 bits per heavy atom. The van der Waals surface area contributed by atoms with Gasteiger partial charge in [-0.25, -0.2) is 9.18 Å². The summed E-state index contributed by atoms with van der Waals surface area (Å²) in [4.78, 5) is 21.8. The van der Waals surface area contributed by atoms with Crippen molar-refractivity contribution in [3.05, 3.63) is 58.4 Å². The van der Waals surface area contributed by atoms with Crippen molar-refractivity contribution in [1.82, 2.24) is 0 Å². The summed E-state index contributed by atoms with van der Waals surface area (Å²) in [6.45, 7) is 0. The summed E-state index contributed by atoms with van der Waals surface area (Å²) in [6.07, 6.45) is 0. The largest absolute Gasteiger partial charge is 0.397 e. The van der Waals surface area contributed by atoms with E-state index >= 15 is 0 Å². The van der Waals surface area contributed by atoms with Crippen LogP contribution in [-0.4, -0.2) is 11.0 Å². The number of nitro benzene ring substituents is 1. The molecule has 0 fully saturated rings. The number of non-ortho nitro benzene ring substituents is 1. The number of urea groups is 1. The van der Waals surface area contributed by atoms with E-state index in [0.717, 1.165) is 6.07 Å². The lowest BCUT2D eigenvalue weighted by Gasteiger charge is -2.09. The Bertz CT molecular complexity index is 706. The second-order valence-corrected chi connectivity index (χ2v) is 4.12. The lowest BCUT2D eigenvalue weighted by molar-refractivity contribution is -0.384. The summed E-state index contributed by atoms with van der Waals surface area (Å²) < 4.78 is 13.1. The van der Waals surface area contributed by atoms with E-state index in [1.807, 2.05) is 0 Å². The zero-order valence-corrected chi connectivity index (χ0v) is 10.7. The predicted molar refractivity (Wildman–Crippen MR) is 76.6 cm³/mol.